The molecule has 0 spiro atoms. The molecule has 1 aliphatic rings. The minimum atomic E-state index is 0.241. The molecule has 8 heteroatoms. The van der Waals surface area contributed by atoms with Crippen LogP contribution in [0.5, 0.6) is 5.75 Å². The molecule has 0 saturated heterocycles. The van der Waals surface area contributed by atoms with Gasteiger partial charge >= 0.3 is 0 Å². The molecule has 0 radical (unpaired) electrons. The number of rotatable bonds is 6. The zero-order chi connectivity index (χ0) is 20.1. The van der Waals surface area contributed by atoms with Crippen LogP contribution >= 0.6 is 0 Å². The molecule has 2 aromatic rings. The van der Waals surface area contributed by atoms with Gasteiger partial charge in [-0.3, -0.25) is 0 Å². The summed E-state index contributed by atoms with van der Waals surface area (Å²) in [5.41, 5.74) is 2.83. The number of ether oxygens (including phenoxy) is 1. The lowest BCUT2D eigenvalue weighted by Gasteiger charge is -2.25. The largest absolute Gasteiger partial charge is 0.507 e. The Hall–Kier alpha value is -2.61. The van der Waals surface area contributed by atoms with Gasteiger partial charge in [-0.1, -0.05) is 12.1 Å². The monoisotopic (exact) mass is 386 g/mol. The molecule has 1 aromatic carbocycles. The number of nitrogens with zero attached hydrogens (tertiary/aromatic N) is 4. The van der Waals surface area contributed by atoms with Crippen molar-refractivity contribution in [2.45, 2.75) is 59.4 Å². The lowest BCUT2D eigenvalue weighted by Crippen LogP contribution is -2.47. The molecule has 1 unspecified atom stereocenters. The van der Waals surface area contributed by atoms with E-state index in [1.54, 1.807) is 7.11 Å². The molecule has 0 amide bonds. The fourth-order valence-corrected chi connectivity index (χ4v) is 3.49. The summed E-state index contributed by atoms with van der Waals surface area (Å²) in [6.07, 6.45) is 1.86. The Morgan fingerprint density at radius 2 is 2.11 bits per heavy atom. The van der Waals surface area contributed by atoms with E-state index in [4.69, 9.17) is 9.73 Å². The van der Waals surface area contributed by atoms with Crippen molar-refractivity contribution in [3.8, 4) is 5.75 Å². The van der Waals surface area contributed by atoms with Crippen LogP contribution in [0.4, 0.5) is 0 Å². The maximum atomic E-state index is 9.94. The van der Waals surface area contributed by atoms with Gasteiger partial charge in [0.15, 0.2) is 11.8 Å². The van der Waals surface area contributed by atoms with Crippen LogP contribution in [-0.2, 0) is 30.9 Å². The van der Waals surface area contributed by atoms with E-state index in [1.807, 2.05) is 30.7 Å². The number of methoxy groups -OCH3 is 1. The molecule has 0 aliphatic carbocycles. The van der Waals surface area contributed by atoms with Crippen molar-refractivity contribution in [1.29, 1.82) is 0 Å². The molecule has 152 valence electrons. The van der Waals surface area contributed by atoms with E-state index in [2.05, 4.69) is 27.6 Å². The van der Waals surface area contributed by atoms with Gasteiger partial charge in [0.25, 0.3) is 0 Å². The lowest BCUT2D eigenvalue weighted by molar-refractivity contribution is 0.177. The van der Waals surface area contributed by atoms with Gasteiger partial charge in [0.2, 0.25) is 0 Å². The number of benzene rings is 1. The zero-order valence-electron chi connectivity index (χ0n) is 17.1. The predicted molar refractivity (Wildman–Crippen MR) is 108 cm³/mol. The molecule has 28 heavy (non-hydrogen) atoms. The molecule has 2 heterocycles. The Labute approximate surface area is 166 Å². The van der Waals surface area contributed by atoms with E-state index in [0.29, 0.717) is 18.9 Å². The van der Waals surface area contributed by atoms with Crippen LogP contribution in [0.1, 0.15) is 41.7 Å². The number of hydrogen-bond donors (Lipinski definition) is 3. The Kier molecular flexibility index (Phi) is 6.51. The molecule has 0 fully saturated rings. The minimum absolute atomic E-state index is 0.241. The van der Waals surface area contributed by atoms with Crippen molar-refractivity contribution in [3.63, 3.8) is 0 Å². The van der Waals surface area contributed by atoms with Gasteiger partial charge in [0.1, 0.15) is 18.2 Å². The number of hydrogen-bond acceptors (Lipinski definition) is 5. The number of phenols is 1. The van der Waals surface area contributed by atoms with Crippen LogP contribution in [0.25, 0.3) is 0 Å². The third-order valence-electron chi connectivity index (χ3n) is 4.83. The van der Waals surface area contributed by atoms with Crippen LogP contribution in [0, 0.1) is 13.8 Å². The van der Waals surface area contributed by atoms with Gasteiger partial charge in [-0.05, 0) is 43.9 Å². The van der Waals surface area contributed by atoms with Gasteiger partial charge in [-0.15, -0.1) is 0 Å². The van der Waals surface area contributed by atoms with E-state index in [9.17, 15) is 5.11 Å². The number of aromatic nitrogens is 3. The Morgan fingerprint density at radius 3 is 2.79 bits per heavy atom. The van der Waals surface area contributed by atoms with Crippen LogP contribution in [0.2, 0.25) is 0 Å². The highest BCUT2D eigenvalue weighted by molar-refractivity contribution is 5.80. The van der Waals surface area contributed by atoms with Crippen molar-refractivity contribution >= 4 is 5.96 Å². The average molecular weight is 387 g/mol. The molecule has 1 atom stereocenters. The first kappa shape index (κ1) is 20.1. The molecular weight excluding hydrogens is 356 g/mol. The standard InChI is InChI=1S/C20H30N6O2/c1-5-21-20(22-10-15-8-13(2)19(27)14(3)9-15)23-16-6-7-18-24-17(12-28-4)25-26(18)11-16/h8-9,16,27H,5-7,10-12H2,1-4H3,(H2,21,22,23). The highest BCUT2D eigenvalue weighted by Crippen LogP contribution is 2.23. The predicted octanol–water partition coefficient (Wildman–Crippen LogP) is 1.82. The summed E-state index contributed by atoms with van der Waals surface area (Å²) in [7, 11) is 1.65. The summed E-state index contributed by atoms with van der Waals surface area (Å²) in [5.74, 6) is 2.90. The summed E-state index contributed by atoms with van der Waals surface area (Å²) in [6, 6.07) is 4.20. The number of aryl methyl sites for hydroxylation is 3. The number of aliphatic imine (C=N–C) groups is 1. The zero-order valence-corrected chi connectivity index (χ0v) is 17.1. The summed E-state index contributed by atoms with van der Waals surface area (Å²) in [5, 5.41) is 21.3. The van der Waals surface area contributed by atoms with Gasteiger partial charge in [-0.2, -0.15) is 5.10 Å². The third kappa shape index (κ3) is 4.81. The van der Waals surface area contributed by atoms with Crippen molar-refractivity contribution < 1.29 is 9.84 Å². The molecule has 0 bridgehead atoms. The van der Waals surface area contributed by atoms with E-state index in [0.717, 1.165) is 60.2 Å². The van der Waals surface area contributed by atoms with E-state index >= 15 is 0 Å². The van der Waals surface area contributed by atoms with Gasteiger partial charge in [0.05, 0.1) is 13.1 Å². The fourth-order valence-electron chi connectivity index (χ4n) is 3.49. The number of phenolic OH excluding ortho intramolecular Hbond substituents is 1. The summed E-state index contributed by atoms with van der Waals surface area (Å²) < 4.78 is 7.09. The second-order valence-corrected chi connectivity index (χ2v) is 7.21. The number of nitrogens with one attached hydrogen (secondary N) is 2. The Balaban J connectivity index is 1.66. The SMILES string of the molecule is CCNC(=NCc1cc(C)c(O)c(C)c1)NC1CCc2nc(COC)nn2C1. The van der Waals surface area contributed by atoms with Crippen LogP contribution in [-0.4, -0.2) is 45.5 Å². The topological polar surface area (TPSA) is 96.6 Å². The molecule has 0 saturated carbocycles. The number of aromatic hydroxyl groups is 1. The first-order chi connectivity index (χ1) is 13.5. The lowest BCUT2D eigenvalue weighted by atomic mass is 10.1. The Morgan fingerprint density at radius 1 is 1.36 bits per heavy atom. The normalized spacial score (nSPS) is 16.7. The Bertz CT molecular complexity index is 822. The first-order valence-electron chi connectivity index (χ1n) is 9.75. The molecule has 3 N–H and O–H groups in total. The van der Waals surface area contributed by atoms with Crippen LogP contribution < -0.4 is 10.6 Å². The molecule has 8 nitrogen and oxygen atoms in total. The van der Waals surface area contributed by atoms with Crippen LogP contribution in [0.15, 0.2) is 17.1 Å². The summed E-state index contributed by atoms with van der Waals surface area (Å²) in [6.45, 7) is 8.42. The van der Waals surface area contributed by atoms with Crippen molar-refractivity contribution in [3.05, 3.63) is 40.5 Å². The second-order valence-electron chi connectivity index (χ2n) is 7.21. The highest BCUT2D eigenvalue weighted by atomic mass is 16.5. The highest BCUT2D eigenvalue weighted by Gasteiger charge is 2.22. The smallest absolute Gasteiger partial charge is 0.191 e. The molecular formula is C20H30N6O2. The van der Waals surface area contributed by atoms with E-state index in [-0.39, 0.29) is 6.04 Å². The van der Waals surface area contributed by atoms with Crippen LogP contribution in [0.3, 0.4) is 0 Å². The van der Waals surface area contributed by atoms with Gasteiger partial charge < -0.3 is 20.5 Å². The average Bonchev–Trinajstić information content (AvgIpc) is 3.06. The van der Waals surface area contributed by atoms with Gasteiger partial charge in [0, 0.05) is 26.1 Å². The number of guanidine groups is 1. The second kappa shape index (κ2) is 9.05. The number of fused-ring (bicyclic) bond motifs is 1. The molecule has 1 aromatic heterocycles. The van der Waals surface area contributed by atoms with E-state index in [1.165, 1.54) is 0 Å². The quantitative estimate of drug-likeness (QED) is 0.518. The first-order valence-corrected chi connectivity index (χ1v) is 9.75. The fraction of sp³-hybridized carbons (Fsp3) is 0.550. The molecule has 1 aliphatic heterocycles. The van der Waals surface area contributed by atoms with E-state index < -0.39 is 0 Å². The summed E-state index contributed by atoms with van der Waals surface area (Å²) in [4.78, 5) is 9.25. The van der Waals surface area contributed by atoms with Crippen molar-refractivity contribution in [2.75, 3.05) is 13.7 Å². The summed E-state index contributed by atoms with van der Waals surface area (Å²) >= 11 is 0. The maximum absolute atomic E-state index is 9.94. The third-order valence-corrected chi connectivity index (χ3v) is 4.83. The van der Waals surface area contributed by atoms with Crippen molar-refractivity contribution in [1.82, 2.24) is 25.4 Å². The maximum Gasteiger partial charge on any atom is 0.191 e. The van der Waals surface area contributed by atoms with Gasteiger partial charge in [-0.25, -0.2) is 14.7 Å². The van der Waals surface area contributed by atoms with Crippen molar-refractivity contribution in [2.24, 2.45) is 4.99 Å². The molecule has 3 rings (SSSR count). The minimum Gasteiger partial charge on any atom is -0.507 e.